The summed E-state index contributed by atoms with van der Waals surface area (Å²) in [6, 6.07) is 0. The van der Waals surface area contributed by atoms with Crippen LogP contribution in [0.15, 0.2) is 6.20 Å². The molecule has 0 aliphatic rings. The quantitative estimate of drug-likeness (QED) is 0.746. The molecular weight excluding hydrogens is 192 g/mol. The molecule has 0 unspecified atom stereocenters. The van der Waals surface area contributed by atoms with Gasteiger partial charge in [-0.25, -0.2) is 4.68 Å². The van der Waals surface area contributed by atoms with Crippen LogP contribution in [0.1, 0.15) is 37.7 Å². The number of Topliss-reactive ketones (excluding diaryl/α,β-unsaturated/α-hetero) is 1. The third-order valence-corrected chi connectivity index (χ3v) is 2.01. The van der Waals surface area contributed by atoms with Crippen LogP contribution >= 0.6 is 0 Å². The SMILES string of the molecule is Cn1nncc1C(=O)CCNC(C)(C)C. The van der Waals surface area contributed by atoms with Crippen LogP contribution in [0.4, 0.5) is 0 Å². The van der Waals surface area contributed by atoms with Gasteiger partial charge in [0, 0.05) is 25.6 Å². The highest BCUT2D eigenvalue weighted by Gasteiger charge is 2.13. The van der Waals surface area contributed by atoms with Gasteiger partial charge in [0.15, 0.2) is 5.78 Å². The van der Waals surface area contributed by atoms with Crippen molar-refractivity contribution in [2.45, 2.75) is 32.7 Å². The molecule has 1 heterocycles. The average Bonchev–Trinajstić information content (AvgIpc) is 2.48. The van der Waals surface area contributed by atoms with Gasteiger partial charge in [-0.15, -0.1) is 5.10 Å². The molecule has 0 aliphatic heterocycles. The van der Waals surface area contributed by atoms with Gasteiger partial charge in [-0.3, -0.25) is 4.79 Å². The molecule has 0 atom stereocenters. The first kappa shape index (κ1) is 11.8. The number of aryl methyl sites for hydroxylation is 1. The molecule has 84 valence electrons. The molecule has 0 spiro atoms. The zero-order chi connectivity index (χ0) is 11.5. The minimum atomic E-state index is 0.0466. The maximum absolute atomic E-state index is 11.7. The van der Waals surface area contributed by atoms with E-state index in [0.29, 0.717) is 18.7 Å². The monoisotopic (exact) mass is 210 g/mol. The van der Waals surface area contributed by atoms with Crippen molar-refractivity contribution in [3.63, 3.8) is 0 Å². The van der Waals surface area contributed by atoms with Crippen molar-refractivity contribution in [3.05, 3.63) is 11.9 Å². The fourth-order valence-corrected chi connectivity index (χ4v) is 1.22. The van der Waals surface area contributed by atoms with Gasteiger partial charge in [-0.05, 0) is 20.8 Å². The zero-order valence-corrected chi connectivity index (χ0v) is 9.74. The normalized spacial score (nSPS) is 11.7. The van der Waals surface area contributed by atoms with Gasteiger partial charge in [0.25, 0.3) is 0 Å². The minimum Gasteiger partial charge on any atom is -0.312 e. The number of aromatic nitrogens is 3. The van der Waals surface area contributed by atoms with Crippen molar-refractivity contribution < 1.29 is 4.79 Å². The Morgan fingerprint density at radius 1 is 1.53 bits per heavy atom. The Morgan fingerprint density at radius 2 is 2.20 bits per heavy atom. The van der Waals surface area contributed by atoms with E-state index in [1.165, 1.54) is 10.9 Å². The molecule has 5 heteroatoms. The lowest BCUT2D eigenvalue weighted by molar-refractivity contribution is 0.0971. The fourth-order valence-electron chi connectivity index (χ4n) is 1.22. The molecular formula is C10H18N4O. The van der Waals surface area contributed by atoms with Gasteiger partial charge in [0.05, 0.1) is 6.20 Å². The molecule has 1 N–H and O–H groups in total. The van der Waals surface area contributed by atoms with E-state index in [0.717, 1.165) is 0 Å². The molecule has 15 heavy (non-hydrogen) atoms. The third-order valence-electron chi connectivity index (χ3n) is 2.01. The highest BCUT2D eigenvalue weighted by atomic mass is 16.1. The summed E-state index contributed by atoms with van der Waals surface area (Å²) >= 11 is 0. The number of nitrogens with zero attached hydrogens (tertiary/aromatic N) is 3. The largest absolute Gasteiger partial charge is 0.312 e. The first-order valence-corrected chi connectivity index (χ1v) is 5.03. The standard InChI is InChI=1S/C10H18N4O/c1-10(2,3)11-6-5-9(15)8-7-12-13-14(8)4/h7,11H,5-6H2,1-4H3. The Balaban J connectivity index is 2.41. The van der Waals surface area contributed by atoms with Crippen molar-refractivity contribution in [2.24, 2.45) is 7.05 Å². The summed E-state index contributed by atoms with van der Waals surface area (Å²) in [5.41, 5.74) is 0.607. The molecule has 0 amide bonds. The number of rotatable bonds is 4. The van der Waals surface area contributed by atoms with Crippen molar-refractivity contribution in [3.8, 4) is 0 Å². The van der Waals surface area contributed by atoms with Crippen LogP contribution in [0.2, 0.25) is 0 Å². The van der Waals surface area contributed by atoms with Crippen LogP contribution in [0.5, 0.6) is 0 Å². The van der Waals surface area contributed by atoms with E-state index in [1.807, 2.05) is 0 Å². The van der Waals surface area contributed by atoms with Crippen LogP contribution in [0.3, 0.4) is 0 Å². The Morgan fingerprint density at radius 3 is 2.67 bits per heavy atom. The maximum atomic E-state index is 11.7. The summed E-state index contributed by atoms with van der Waals surface area (Å²) in [5.74, 6) is 0.0688. The van der Waals surface area contributed by atoms with Crippen LogP contribution in [-0.4, -0.2) is 32.9 Å². The molecule has 1 aromatic rings. The zero-order valence-electron chi connectivity index (χ0n) is 9.74. The molecule has 0 fully saturated rings. The van der Waals surface area contributed by atoms with Crippen molar-refractivity contribution in [1.29, 1.82) is 0 Å². The Kier molecular flexibility index (Phi) is 3.57. The Bertz CT molecular complexity index is 337. The first-order valence-electron chi connectivity index (χ1n) is 5.03. The first-order chi connectivity index (χ1) is 6.90. The molecule has 0 radical (unpaired) electrons. The van der Waals surface area contributed by atoms with E-state index in [2.05, 4.69) is 36.4 Å². The topological polar surface area (TPSA) is 59.8 Å². The van der Waals surface area contributed by atoms with Gasteiger partial charge in [0.1, 0.15) is 5.69 Å². The van der Waals surface area contributed by atoms with Crippen LogP contribution in [0, 0.1) is 0 Å². The molecule has 0 aliphatic carbocycles. The van der Waals surface area contributed by atoms with E-state index in [9.17, 15) is 4.79 Å². The summed E-state index contributed by atoms with van der Waals surface area (Å²) in [4.78, 5) is 11.7. The second-order valence-electron chi connectivity index (χ2n) is 4.59. The number of nitrogens with one attached hydrogen (secondary N) is 1. The Hall–Kier alpha value is -1.23. The number of hydrogen-bond acceptors (Lipinski definition) is 4. The van der Waals surface area contributed by atoms with Gasteiger partial charge < -0.3 is 5.32 Å². The maximum Gasteiger partial charge on any atom is 0.183 e. The van der Waals surface area contributed by atoms with Crippen LogP contribution in [-0.2, 0) is 7.05 Å². The third kappa shape index (κ3) is 3.79. The van der Waals surface area contributed by atoms with Gasteiger partial charge in [0.2, 0.25) is 0 Å². The lowest BCUT2D eigenvalue weighted by atomic mass is 10.1. The summed E-state index contributed by atoms with van der Waals surface area (Å²) in [7, 11) is 1.72. The van der Waals surface area contributed by atoms with Crippen molar-refractivity contribution >= 4 is 5.78 Å². The lowest BCUT2D eigenvalue weighted by Crippen LogP contribution is -2.37. The summed E-state index contributed by atoms with van der Waals surface area (Å²) in [6.45, 7) is 6.89. The number of hydrogen-bond donors (Lipinski definition) is 1. The van der Waals surface area contributed by atoms with Crippen molar-refractivity contribution in [2.75, 3.05) is 6.54 Å². The summed E-state index contributed by atoms with van der Waals surface area (Å²) in [5, 5.41) is 10.7. The summed E-state index contributed by atoms with van der Waals surface area (Å²) in [6.07, 6.45) is 1.97. The minimum absolute atomic E-state index is 0.0466. The number of carbonyl (C=O) groups is 1. The molecule has 1 aromatic heterocycles. The molecule has 5 nitrogen and oxygen atoms in total. The highest BCUT2D eigenvalue weighted by Crippen LogP contribution is 2.02. The van der Waals surface area contributed by atoms with Crippen molar-refractivity contribution in [1.82, 2.24) is 20.3 Å². The van der Waals surface area contributed by atoms with Gasteiger partial charge >= 0.3 is 0 Å². The molecule has 0 saturated carbocycles. The second-order valence-corrected chi connectivity index (χ2v) is 4.59. The fraction of sp³-hybridized carbons (Fsp3) is 0.700. The summed E-state index contributed by atoms with van der Waals surface area (Å²) < 4.78 is 1.50. The number of ketones is 1. The predicted octanol–water partition coefficient (Wildman–Crippen LogP) is 0.776. The highest BCUT2D eigenvalue weighted by molar-refractivity contribution is 5.94. The van der Waals surface area contributed by atoms with Gasteiger partial charge in [-0.2, -0.15) is 0 Å². The van der Waals surface area contributed by atoms with Crippen LogP contribution < -0.4 is 5.32 Å². The van der Waals surface area contributed by atoms with E-state index in [1.54, 1.807) is 7.05 Å². The molecule has 1 rings (SSSR count). The van der Waals surface area contributed by atoms with E-state index < -0.39 is 0 Å². The smallest absolute Gasteiger partial charge is 0.183 e. The van der Waals surface area contributed by atoms with Crippen LogP contribution in [0.25, 0.3) is 0 Å². The Labute approximate surface area is 89.9 Å². The average molecular weight is 210 g/mol. The second kappa shape index (κ2) is 4.53. The molecule has 0 bridgehead atoms. The van der Waals surface area contributed by atoms with E-state index in [-0.39, 0.29) is 11.3 Å². The molecule has 0 aromatic carbocycles. The number of carbonyl (C=O) groups excluding carboxylic acids is 1. The van der Waals surface area contributed by atoms with E-state index >= 15 is 0 Å². The van der Waals surface area contributed by atoms with Gasteiger partial charge in [-0.1, -0.05) is 5.21 Å². The lowest BCUT2D eigenvalue weighted by Gasteiger charge is -2.19. The predicted molar refractivity (Wildman–Crippen MR) is 57.7 cm³/mol. The molecule has 0 saturated heterocycles. The van der Waals surface area contributed by atoms with E-state index in [4.69, 9.17) is 0 Å².